The molecule has 2 aliphatic heterocycles. The van der Waals surface area contributed by atoms with Gasteiger partial charge >= 0.3 is 0 Å². The van der Waals surface area contributed by atoms with Crippen molar-refractivity contribution < 1.29 is 18.7 Å². The van der Waals surface area contributed by atoms with Crippen molar-refractivity contribution in [2.24, 2.45) is 0 Å². The molecule has 162 valence electrons. The first-order valence-electron chi connectivity index (χ1n) is 10.6. The lowest BCUT2D eigenvalue weighted by Gasteiger charge is -2.42. The van der Waals surface area contributed by atoms with Gasteiger partial charge in [-0.2, -0.15) is 5.26 Å². The normalized spacial score (nSPS) is 20.5. The van der Waals surface area contributed by atoms with Gasteiger partial charge in [-0.15, -0.1) is 0 Å². The number of halogens is 1. The van der Waals surface area contributed by atoms with E-state index in [1.165, 1.54) is 17.7 Å². The summed E-state index contributed by atoms with van der Waals surface area (Å²) in [5.41, 5.74) is 1.86. The standard InChI is InChI=1S/C24H26FN3O3/c25-20-5-7-22(8-6-20)30-16-23-15-28(24(29)17-31-23)21-9-11-27(12-10-21)14-19-3-1-18(13-26)2-4-19/h1-8,21,23H,9-12,14-17H2/t23-/m1/s1. The van der Waals surface area contributed by atoms with E-state index in [9.17, 15) is 9.18 Å². The molecule has 31 heavy (non-hydrogen) atoms. The van der Waals surface area contributed by atoms with Gasteiger partial charge in [-0.3, -0.25) is 9.69 Å². The summed E-state index contributed by atoms with van der Waals surface area (Å²) in [6.07, 6.45) is 1.65. The molecule has 2 aromatic rings. The summed E-state index contributed by atoms with van der Waals surface area (Å²) in [4.78, 5) is 16.8. The lowest BCUT2D eigenvalue weighted by molar-refractivity contribution is -0.155. The van der Waals surface area contributed by atoms with E-state index in [1.807, 2.05) is 29.2 Å². The molecule has 0 saturated carbocycles. The summed E-state index contributed by atoms with van der Waals surface area (Å²) >= 11 is 0. The minimum atomic E-state index is -0.302. The number of hydrogen-bond acceptors (Lipinski definition) is 5. The highest BCUT2D eigenvalue weighted by Crippen LogP contribution is 2.22. The van der Waals surface area contributed by atoms with Crippen LogP contribution >= 0.6 is 0 Å². The first-order valence-corrected chi connectivity index (χ1v) is 10.6. The van der Waals surface area contributed by atoms with Crippen LogP contribution in [0.3, 0.4) is 0 Å². The molecule has 6 nitrogen and oxygen atoms in total. The van der Waals surface area contributed by atoms with Crippen LogP contribution in [-0.2, 0) is 16.1 Å². The van der Waals surface area contributed by atoms with Crippen LogP contribution in [0.15, 0.2) is 48.5 Å². The van der Waals surface area contributed by atoms with E-state index >= 15 is 0 Å². The van der Waals surface area contributed by atoms with E-state index in [4.69, 9.17) is 14.7 Å². The fraction of sp³-hybridized carbons (Fsp3) is 0.417. The highest BCUT2D eigenvalue weighted by molar-refractivity contribution is 5.78. The molecule has 0 N–H and O–H groups in total. The smallest absolute Gasteiger partial charge is 0.248 e. The summed E-state index contributed by atoms with van der Waals surface area (Å²) in [6, 6.07) is 16.0. The van der Waals surface area contributed by atoms with Gasteiger partial charge in [0.25, 0.3) is 0 Å². The number of likely N-dealkylation sites (tertiary alicyclic amines) is 1. The monoisotopic (exact) mass is 423 g/mol. The Hall–Kier alpha value is -2.95. The van der Waals surface area contributed by atoms with Gasteiger partial charge < -0.3 is 14.4 Å². The third-order valence-corrected chi connectivity index (χ3v) is 5.90. The number of nitriles is 1. The van der Waals surface area contributed by atoms with Crippen molar-refractivity contribution in [1.29, 1.82) is 5.26 Å². The van der Waals surface area contributed by atoms with E-state index < -0.39 is 0 Å². The summed E-state index contributed by atoms with van der Waals surface area (Å²) in [6.45, 7) is 3.61. The molecule has 1 amide bonds. The van der Waals surface area contributed by atoms with Gasteiger partial charge in [-0.05, 0) is 54.8 Å². The van der Waals surface area contributed by atoms with E-state index in [0.717, 1.165) is 32.5 Å². The Morgan fingerprint density at radius 2 is 1.81 bits per heavy atom. The molecule has 0 aromatic heterocycles. The predicted octanol–water partition coefficient (Wildman–Crippen LogP) is 2.97. The van der Waals surface area contributed by atoms with Gasteiger partial charge in [0, 0.05) is 25.7 Å². The highest BCUT2D eigenvalue weighted by atomic mass is 19.1. The molecular formula is C24H26FN3O3. The fourth-order valence-electron chi connectivity index (χ4n) is 4.15. The van der Waals surface area contributed by atoms with Gasteiger partial charge in [-0.25, -0.2) is 4.39 Å². The highest BCUT2D eigenvalue weighted by Gasteiger charge is 2.33. The summed E-state index contributed by atoms with van der Waals surface area (Å²) in [7, 11) is 0. The quantitative estimate of drug-likeness (QED) is 0.715. The topological polar surface area (TPSA) is 65.8 Å². The number of piperidine rings is 1. The zero-order valence-electron chi connectivity index (χ0n) is 17.4. The third kappa shape index (κ3) is 5.60. The number of morpholine rings is 1. The lowest BCUT2D eigenvalue weighted by Crippen LogP contribution is -2.55. The zero-order valence-corrected chi connectivity index (χ0v) is 17.4. The number of hydrogen-bond donors (Lipinski definition) is 0. The number of benzene rings is 2. The number of carbonyl (C=O) groups is 1. The molecule has 0 radical (unpaired) electrons. The molecule has 1 atom stereocenters. The summed E-state index contributed by atoms with van der Waals surface area (Å²) < 4.78 is 24.4. The lowest BCUT2D eigenvalue weighted by atomic mass is 10.0. The van der Waals surface area contributed by atoms with Crippen molar-refractivity contribution in [3.63, 3.8) is 0 Å². The SMILES string of the molecule is N#Cc1ccc(CN2CCC(N3C[C@H](COc4ccc(F)cc4)OCC3=O)CC2)cc1. The maximum absolute atomic E-state index is 13.0. The van der Waals surface area contributed by atoms with Crippen molar-refractivity contribution in [3.8, 4) is 11.8 Å². The van der Waals surface area contributed by atoms with Crippen LogP contribution in [0.1, 0.15) is 24.0 Å². The van der Waals surface area contributed by atoms with Gasteiger partial charge in [0.2, 0.25) is 5.91 Å². The molecule has 4 rings (SSSR count). The number of amides is 1. The molecule has 0 unspecified atom stereocenters. The van der Waals surface area contributed by atoms with Crippen LogP contribution in [0.25, 0.3) is 0 Å². The second kappa shape index (κ2) is 9.90. The molecule has 0 aliphatic carbocycles. The van der Waals surface area contributed by atoms with Crippen molar-refractivity contribution in [2.45, 2.75) is 31.5 Å². The van der Waals surface area contributed by atoms with Gasteiger partial charge in [0.15, 0.2) is 0 Å². The Kier molecular flexibility index (Phi) is 6.80. The van der Waals surface area contributed by atoms with E-state index in [0.29, 0.717) is 24.5 Å². The maximum Gasteiger partial charge on any atom is 0.248 e. The number of carbonyl (C=O) groups excluding carboxylic acids is 1. The molecular weight excluding hydrogens is 397 g/mol. The predicted molar refractivity (Wildman–Crippen MR) is 113 cm³/mol. The van der Waals surface area contributed by atoms with Crippen molar-refractivity contribution in [1.82, 2.24) is 9.80 Å². The van der Waals surface area contributed by atoms with Crippen LogP contribution in [0, 0.1) is 17.1 Å². The second-order valence-corrected chi connectivity index (χ2v) is 8.06. The van der Waals surface area contributed by atoms with E-state index in [1.54, 1.807) is 12.1 Å². The third-order valence-electron chi connectivity index (χ3n) is 5.90. The second-order valence-electron chi connectivity index (χ2n) is 8.06. The van der Waals surface area contributed by atoms with Crippen LogP contribution in [-0.4, -0.2) is 60.7 Å². The largest absolute Gasteiger partial charge is 0.491 e. The Morgan fingerprint density at radius 3 is 2.48 bits per heavy atom. The molecule has 0 spiro atoms. The van der Waals surface area contributed by atoms with Gasteiger partial charge in [0.1, 0.15) is 30.9 Å². The van der Waals surface area contributed by atoms with Gasteiger partial charge in [0.05, 0.1) is 18.2 Å². The first-order chi connectivity index (χ1) is 15.1. The number of nitrogens with zero attached hydrogens (tertiary/aromatic N) is 3. The van der Waals surface area contributed by atoms with Crippen molar-refractivity contribution in [2.75, 3.05) is 32.8 Å². The fourth-order valence-corrected chi connectivity index (χ4v) is 4.15. The Morgan fingerprint density at radius 1 is 1.10 bits per heavy atom. The zero-order chi connectivity index (χ0) is 21.6. The molecule has 2 fully saturated rings. The van der Waals surface area contributed by atoms with Crippen molar-refractivity contribution in [3.05, 3.63) is 65.5 Å². The number of ether oxygens (including phenoxy) is 2. The number of rotatable bonds is 6. The Labute approximate surface area is 181 Å². The van der Waals surface area contributed by atoms with Crippen LogP contribution in [0.2, 0.25) is 0 Å². The Bertz CT molecular complexity index is 919. The van der Waals surface area contributed by atoms with E-state index in [-0.39, 0.29) is 30.5 Å². The first kappa shape index (κ1) is 21.3. The Balaban J connectivity index is 1.26. The van der Waals surface area contributed by atoms with Crippen LogP contribution in [0.5, 0.6) is 5.75 Å². The molecule has 2 saturated heterocycles. The molecule has 2 aromatic carbocycles. The summed E-state index contributed by atoms with van der Waals surface area (Å²) in [5.74, 6) is 0.316. The molecule has 7 heteroatoms. The average molecular weight is 423 g/mol. The minimum Gasteiger partial charge on any atom is -0.491 e. The van der Waals surface area contributed by atoms with Crippen LogP contribution < -0.4 is 4.74 Å². The minimum absolute atomic E-state index is 0.0311. The maximum atomic E-state index is 13.0. The van der Waals surface area contributed by atoms with Gasteiger partial charge in [-0.1, -0.05) is 12.1 Å². The molecule has 2 aliphatic rings. The average Bonchev–Trinajstić information content (AvgIpc) is 2.81. The molecule has 2 heterocycles. The van der Waals surface area contributed by atoms with Crippen LogP contribution in [0.4, 0.5) is 4.39 Å². The van der Waals surface area contributed by atoms with E-state index in [2.05, 4.69) is 11.0 Å². The van der Waals surface area contributed by atoms with Crippen molar-refractivity contribution >= 4 is 5.91 Å². The molecule has 0 bridgehead atoms. The summed E-state index contributed by atoms with van der Waals surface area (Å²) in [5, 5.41) is 8.92.